The first-order valence-electron chi connectivity index (χ1n) is 14.4. The molecule has 0 saturated heterocycles. The summed E-state index contributed by atoms with van der Waals surface area (Å²) in [5, 5.41) is 0. The van der Waals surface area contributed by atoms with Gasteiger partial charge in [-0.25, -0.2) is 9.59 Å². The van der Waals surface area contributed by atoms with Gasteiger partial charge >= 0.3 is 30.5 Å². The normalized spacial score (nSPS) is 38.9. The molecule has 4 aliphatic carbocycles. The summed E-state index contributed by atoms with van der Waals surface area (Å²) in [6, 6.07) is 0. The highest BCUT2D eigenvalue weighted by Crippen LogP contribution is 2.69. The Morgan fingerprint density at radius 2 is 1.37 bits per heavy atom. The number of hydrogen-bond acceptors (Lipinski definition) is 5. The molecule has 0 amide bonds. The van der Waals surface area contributed by atoms with E-state index in [1.807, 2.05) is 6.92 Å². The molecule has 0 bridgehead atoms. The lowest BCUT2D eigenvalue weighted by molar-refractivity contribution is -0.231. The number of fused-ring (bicyclic) bond motifs is 5. The smallest absolute Gasteiger partial charge is 0.456 e. The fraction of sp³-hybridized carbons (Fsp3) is 0.828. The molecule has 0 aromatic carbocycles. The van der Waals surface area contributed by atoms with Crippen LogP contribution in [0.4, 0.5) is 39.5 Å². The SMILES string of the molecule is C[C@H](/C=C/C(=O)C(F)(F)F)[C@H]1CC[C@H]2[C@@H]3CCC4C[C@H](OC(=O)C(F)(F)F)CC[C@]4(C)[C@H]3C[C@H](OC(=O)C(F)(F)F)[C@]12C. The maximum absolute atomic E-state index is 13.4. The summed E-state index contributed by atoms with van der Waals surface area (Å²) in [5.74, 6) is -8.49. The Kier molecular flexibility index (Phi) is 8.80. The lowest BCUT2D eigenvalue weighted by atomic mass is 9.43. The first-order valence-corrected chi connectivity index (χ1v) is 14.4. The average Bonchev–Trinajstić information content (AvgIpc) is 3.24. The van der Waals surface area contributed by atoms with Crippen LogP contribution in [-0.4, -0.2) is 48.5 Å². The van der Waals surface area contributed by atoms with Crippen LogP contribution >= 0.6 is 0 Å². The monoisotopic (exact) mass is 634 g/mol. The van der Waals surface area contributed by atoms with Crippen molar-refractivity contribution in [3.05, 3.63) is 12.2 Å². The van der Waals surface area contributed by atoms with Gasteiger partial charge in [0, 0.05) is 5.41 Å². The number of ether oxygens (including phenoxy) is 2. The van der Waals surface area contributed by atoms with Crippen LogP contribution in [0, 0.1) is 46.3 Å². The van der Waals surface area contributed by atoms with Crippen LogP contribution in [-0.2, 0) is 23.9 Å². The average molecular weight is 635 g/mol. The Labute approximate surface area is 242 Å². The van der Waals surface area contributed by atoms with Crippen molar-refractivity contribution in [1.82, 2.24) is 0 Å². The van der Waals surface area contributed by atoms with Gasteiger partial charge in [0.25, 0.3) is 5.78 Å². The first kappa shape index (κ1) is 33.6. The van der Waals surface area contributed by atoms with Gasteiger partial charge in [-0.15, -0.1) is 0 Å². The van der Waals surface area contributed by atoms with E-state index >= 15 is 0 Å². The number of esters is 2. The van der Waals surface area contributed by atoms with E-state index < -0.39 is 71.1 Å². The van der Waals surface area contributed by atoms with Crippen LogP contribution in [0.25, 0.3) is 0 Å². The molecule has 0 spiro atoms. The second-order valence-corrected chi connectivity index (χ2v) is 13.2. The van der Waals surface area contributed by atoms with E-state index in [-0.39, 0.29) is 42.9 Å². The minimum atomic E-state index is -5.28. The van der Waals surface area contributed by atoms with E-state index in [1.165, 1.54) is 0 Å². The summed E-state index contributed by atoms with van der Waals surface area (Å²) >= 11 is 0. The number of allylic oxidation sites excluding steroid dienone is 2. The molecule has 4 aliphatic rings. The third-order valence-corrected chi connectivity index (χ3v) is 11.2. The molecule has 4 rings (SSSR count). The quantitative estimate of drug-likeness (QED) is 0.178. The number of hydrogen-bond donors (Lipinski definition) is 0. The zero-order valence-corrected chi connectivity index (χ0v) is 23.9. The number of halogens is 9. The zero-order chi connectivity index (χ0) is 32.3. The maximum Gasteiger partial charge on any atom is 0.490 e. The Morgan fingerprint density at radius 1 is 0.767 bits per heavy atom. The highest BCUT2D eigenvalue weighted by Gasteiger charge is 2.66. The van der Waals surface area contributed by atoms with Gasteiger partial charge in [-0.3, -0.25) is 4.79 Å². The lowest BCUT2D eigenvalue weighted by Gasteiger charge is -2.62. The summed E-state index contributed by atoms with van der Waals surface area (Å²) in [7, 11) is 0. The highest BCUT2D eigenvalue weighted by molar-refractivity contribution is 5.94. The van der Waals surface area contributed by atoms with Crippen LogP contribution in [0.5, 0.6) is 0 Å². The Bertz CT molecular complexity index is 1130. The molecule has 0 aromatic heterocycles. The second kappa shape index (κ2) is 11.3. The summed E-state index contributed by atoms with van der Waals surface area (Å²) in [6.45, 7) is 5.26. The van der Waals surface area contributed by atoms with Crippen molar-refractivity contribution in [2.75, 3.05) is 0 Å². The number of alkyl halides is 9. The van der Waals surface area contributed by atoms with E-state index in [9.17, 15) is 53.9 Å². The van der Waals surface area contributed by atoms with Crippen molar-refractivity contribution in [3.8, 4) is 0 Å². The molecule has 1 unspecified atom stereocenters. The maximum atomic E-state index is 13.4. The summed E-state index contributed by atoms with van der Waals surface area (Å²) < 4.78 is 127. The van der Waals surface area contributed by atoms with E-state index in [0.29, 0.717) is 38.2 Å². The van der Waals surface area contributed by atoms with Gasteiger partial charge in [-0.05, 0) is 98.4 Å². The fourth-order valence-electron chi connectivity index (χ4n) is 9.21. The van der Waals surface area contributed by atoms with Crippen LogP contribution in [0.2, 0.25) is 0 Å². The van der Waals surface area contributed by atoms with Crippen molar-refractivity contribution in [1.29, 1.82) is 0 Å². The summed E-state index contributed by atoms with van der Waals surface area (Å²) in [5.41, 5.74) is -1.56. The van der Waals surface area contributed by atoms with Crippen LogP contribution in [0.3, 0.4) is 0 Å². The minimum absolute atomic E-state index is 0.0284. The van der Waals surface area contributed by atoms with Crippen LogP contribution in [0.1, 0.15) is 72.1 Å². The third kappa shape index (κ3) is 6.30. The molecule has 14 heteroatoms. The predicted molar refractivity (Wildman–Crippen MR) is 132 cm³/mol. The second-order valence-electron chi connectivity index (χ2n) is 13.2. The molecule has 244 valence electrons. The Hall–Kier alpha value is -2.28. The fourth-order valence-corrected chi connectivity index (χ4v) is 9.21. The number of ketones is 1. The lowest BCUT2D eigenvalue weighted by Crippen LogP contribution is -2.60. The highest BCUT2D eigenvalue weighted by atomic mass is 19.4. The molecule has 0 heterocycles. The van der Waals surface area contributed by atoms with Gasteiger partial charge in [0.05, 0.1) is 0 Å². The molecule has 0 aromatic rings. The Morgan fingerprint density at radius 3 is 1.95 bits per heavy atom. The topological polar surface area (TPSA) is 69.7 Å². The van der Waals surface area contributed by atoms with E-state index in [1.54, 1.807) is 13.8 Å². The minimum Gasteiger partial charge on any atom is -0.456 e. The van der Waals surface area contributed by atoms with Crippen molar-refractivity contribution < 1.29 is 63.4 Å². The first-order chi connectivity index (χ1) is 19.6. The van der Waals surface area contributed by atoms with E-state index in [2.05, 4.69) is 0 Å². The van der Waals surface area contributed by atoms with Crippen LogP contribution < -0.4 is 0 Å². The van der Waals surface area contributed by atoms with Crippen LogP contribution in [0.15, 0.2) is 12.2 Å². The third-order valence-electron chi connectivity index (χ3n) is 11.2. The number of rotatable bonds is 5. The van der Waals surface area contributed by atoms with Crippen molar-refractivity contribution in [2.24, 2.45) is 46.3 Å². The molecule has 0 aliphatic heterocycles. The molecular formula is C29H35F9O5. The molecule has 4 fully saturated rings. The van der Waals surface area contributed by atoms with Gasteiger partial charge in [0.2, 0.25) is 0 Å². The molecule has 43 heavy (non-hydrogen) atoms. The largest absolute Gasteiger partial charge is 0.490 e. The van der Waals surface area contributed by atoms with Crippen molar-refractivity contribution in [3.63, 3.8) is 0 Å². The Balaban J connectivity index is 1.62. The predicted octanol–water partition coefficient (Wildman–Crippen LogP) is 7.53. The molecular weight excluding hydrogens is 599 g/mol. The molecule has 0 radical (unpaired) electrons. The van der Waals surface area contributed by atoms with Gasteiger partial charge in [-0.1, -0.05) is 26.8 Å². The van der Waals surface area contributed by atoms with E-state index in [0.717, 1.165) is 6.08 Å². The summed E-state index contributed by atoms with van der Waals surface area (Å²) in [4.78, 5) is 35.0. The molecule has 5 nitrogen and oxygen atoms in total. The van der Waals surface area contributed by atoms with Gasteiger partial charge in [-0.2, -0.15) is 39.5 Å². The summed E-state index contributed by atoms with van der Waals surface area (Å²) in [6.07, 6.45) is -13.2. The van der Waals surface area contributed by atoms with Gasteiger partial charge < -0.3 is 9.47 Å². The molecule has 4 saturated carbocycles. The van der Waals surface area contributed by atoms with Crippen molar-refractivity contribution in [2.45, 2.75) is 103 Å². The zero-order valence-electron chi connectivity index (χ0n) is 23.9. The number of carbonyl (C=O) groups is 3. The van der Waals surface area contributed by atoms with Gasteiger partial charge in [0.15, 0.2) is 0 Å². The standard InChI is InChI=1S/C29H35F9O5/c1-14(4-9-21(39)27(30,31)32)18-7-8-19-17-6-5-15-12-16(42-23(40)28(33,34)35)10-11-25(15,2)20(17)13-22(26(18,19)3)43-24(41)29(36,37)38/h4,9,14-20,22H,5-8,10-13H2,1-3H3/b9-4+/t14-,15?,16-,17+,18-,19+,20+,22+,25+,26-/m1/s1. The molecule has 10 atom stereocenters. The number of carbonyl (C=O) groups excluding carboxylic acids is 3. The van der Waals surface area contributed by atoms with E-state index in [4.69, 9.17) is 9.47 Å². The van der Waals surface area contributed by atoms with Gasteiger partial charge in [0.1, 0.15) is 12.2 Å². The van der Waals surface area contributed by atoms with Crippen molar-refractivity contribution >= 4 is 17.7 Å². The molecule has 0 N–H and O–H groups in total.